The lowest BCUT2D eigenvalue weighted by Gasteiger charge is -2.14. The maximum absolute atomic E-state index is 11.1. The molecule has 20 heavy (non-hydrogen) atoms. The van der Waals surface area contributed by atoms with Gasteiger partial charge in [-0.15, -0.1) is 0 Å². The van der Waals surface area contributed by atoms with E-state index in [4.69, 9.17) is 15.2 Å². The number of hydrogen-bond donors (Lipinski definition) is 1. The molecule has 0 amide bonds. The molecule has 6 heteroatoms. The molecule has 0 spiro atoms. The van der Waals surface area contributed by atoms with E-state index in [1.807, 2.05) is 26.0 Å². The van der Waals surface area contributed by atoms with Crippen molar-refractivity contribution in [3.8, 4) is 11.5 Å². The van der Waals surface area contributed by atoms with Gasteiger partial charge in [-0.1, -0.05) is 6.07 Å². The Morgan fingerprint density at radius 3 is 2.50 bits per heavy atom. The molecule has 1 unspecified atom stereocenters. The van der Waals surface area contributed by atoms with Crippen LogP contribution in [0.4, 0.5) is 0 Å². The third-order valence-corrected chi connectivity index (χ3v) is 3.49. The molecule has 0 radical (unpaired) electrons. The molecule has 2 N–H and O–H groups in total. The summed E-state index contributed by atoms with van der Waals surface area (Å²) < 4.78 is 33.2. The number of sulfone groups is 1. The van der Waals surface area contributed by atoms with E-state index in [1.165, 1.54) is 6.26 Å². The predicted octanol–water partition coefficient (Wildman–Crippen LogP) is 1.40. The lowest BCUT2D eigenvalue weighted by Crippen LogP contribution is -2.18. The van der Waals surface area contributed by atoms with Gasteiger partial charge in [0.1, 0.15) is 6.61 Å². The van der Waals surface area contributed by atoms with Crippen LogP contribution in [0, 0.1) is 0 Å². The summed E-state index contributed by atoms with van der Waals surface area (Å²) in [5.74, 6) is 1.17. The summed E-state index contributed by atoms with van der Waals surface area (Å²) in [5, 5.41) is 0. The van der Waals surface area contributed by atoms with Gasteiger partial charge >= 0.3 is 0 Å². The van der Waals surface area contributed by atoms with Gasteiger partial charge in [-0.25, -0.2) is 8.42 Å². The van der Waals surface area contributed by atoms with Crippen LogP contribution in [0.2, 0.25) is 0 Å². The van der Waals surface area contributed by atoms with Crippen molar-refractivity contribution < 1.29 is 17.9 Å². The average molecular weight is 301 g/mol. The van der Waals surface area contributed by atoms with Crippen molar-refractivity contribution in [1.82, 2.24) is 0 Å². The largest absolute Gasteiger partial charge is 0.490 e. The van der Waals surface area contributed by atoms with E-state index >= 15 is 0 Å². The lowest BCUT2D eigenvalue weighted by atomic mass is 10.1. The van der Waals surface area contributed by atoms with Crippen LogP contribution in [-0.4, -0.2) is 39.7 Å². The summed E-state index contributed by atoms with van der Waals surface area (Å²) in [6.07, 6.45) is 1.94. The van der Waals surface area contributed by atoms with Crippen LogP contribution in [-0.2, 0) is 16.3 Å². The molecule has 1 rings (SSSR count). The first kappa shape index (κ1) is 16.8. The summed E-state index contributed by atoms with van der Waals surface area (Å²) in [5.41, 5.74) is 6.84. The molecule has 114 valence electrons. The monoisotopic (exact) mass is 301 g/mol. The van der Waals surface area contributed by atoms with E-state index in [1.54, 1.807) is 6.07 Å². The number of benzene rings is 1. The molecule has 0 aromatic heterocycles. The van der Waals surface area contributed by atoms with Crippen LogP contribution < -0.4 is 15.2 Å². The van der Waals surface area contributed by atoms with Gasteiger partial charge in [-0.3, -0.25) is 0 Å². The normalized spacial score (nSPS) is 13.0. The molecule has 1 aromatic rings. The Kier molecular flexibility index (Phi) is 6.29. The van der Waals surface area contributed by atoms with Crippen molar-refractivity contribution >= 4 is 9.84 Å². The van der Waals surface area contributed by atoms with Gasteiger partial charge in [-0.2, -0.15) is 0 Å². The van der Waals surface area contributed by atoms with E-state index in [9.17, 15) is 8.42 Å². The summed E-state index contributed by atoms with van der Waals surface area (Å²) in [4.78, 5) is 0. The highest BCUT2D eigenvalue weighted by atomic mass is 32.2. The minimum absolute atomic E-state index is 0.0137. The number of hydrogen-bond acceptors (Lipinski definition) is 5. The zero-order valence-electron chi connectivity index (χ0n) is 12.3. The summed E-state index contributed by atoms with van der Waals surface area (Å²) in [7, 11) is -3.03. The third kappa shape index (κ3) is 6.25. The molecule has 1 atom stereocenters. The second-order valence-corrected chi connectivity index (χ2v) is 7.13. The Balaban J connectivity index is 2.78. The standard InChI is InChI=1S/C14H23NO4S/c1-4-18-14-10-12(9-11(2)15)5-6-13(14)19-7-8-20(3,16)17/h5-6,10-11H,4,7-9,15H2,1-3H3. The molecule has 0 fully saturated rings. The van der Waals surface area contributed by atoms with Crippen molar-refractivity contribution in [2.75, 3.05) is 25.2 Å². The molecule has 0 aliphatic heterocycles. The first-order valence-corrected chi connectivity index (χ1v) is 8.69. The minimum atomic E-state index is -3.03. The highest BCUT2D eigenvalue weighted by Crippen LogP contribution is 2.29. The Bertz CT molecular complexity index is 526. The molecule has 0 bridgehead atoms. The van der Waals surface area contributed by atoms with Crippen LogP contribution >= 0.6 is 0 Å². The van der Waals surface area contributed by atoms with E-state index < -0.39 is 9.84 Å². The van der Waals surface area contributed by atoms with Crippen molar-refractivity contribution in [2.24, 2.45) is 5.73 Å². The molecule has 0 aliphatic rings. The zero-order chi connectivity index (χ0) is 15.2. The highest BCUT2D eigenvalue weighted by molar-refractivity contribution is 7.90. The third-order valence-electron chi connectivity index (χ3n) is 2.58. The fourth-order valence-corrected chi connectivity index (χ4v) is 2.13. The van der Waals surface area contributed by atoms with E-state index in [-0.39, 0.29) is 18.4 Å². The predicted molar refractivity (Wildman–Crippen MR) is 80.2 cm³/mol. The van der Waals surface area contributed by atoms with Gasteiger partial charge in [-0.05, 0) is 38.0 Å². The SMILES string of the molecule is CCOc1cc(CC(C)N)ccc1OCCS(C)(=O)=O. The summed E-state index contributed by atoms with van der Waals surface area (Å²) in [6.45, 7) is 4.46. The van der Waals surface area contributed by atoms with Crippen molar-refractivity contribution in [1.29, 1.82) is 0 Å². The molecular formula is C14H23NO4S. The summed E-state index contributed by atoms with van der Waals surface area (Å²) >= 11 is 0. The second-order valence-electron chi connectivity index (χ2n) is 4.87. The molecule has 0 aliphatic carbocycles. The average Bonchev–Trinajstić information content (AvgIpc) is 2.30. The fourth-order valence-electron chi connectivity index (χ4n) is 1.74. The number of nitrogens with two attached hydrogens (primary N) is 1. The van der Waals surface area contributed by atoms with Crippen LogP contribution in [0.5, 0.6) is 11.5 Å². The molecule has 0 heterocycles. The summed E-state index contributed by atoms with van der Waals surface area (Å²) in [6, 6.07) is 5.68. The maximum atomic E-state index is 11.1. The smallest absolute Gasteiger partial charge is 0.161 e. The maximum Gasteiger partial charge on any atom is 0.161 e. The van der Waals surface area contributed by atoms with Crippen LogP contribution in [0.1, 0.15) is 19.4 Å². The van der Waals surface area contributed by atoms with Crippen LogP contribution in [0.25, 0.3) is 0 Å². The fraction of sp³-hybridized carbons (Fsp3) is 0.571. The van der Waals surface area contributed by atoms with Gasteiger partial charge in [0, 0.05) is 12.3 Å². The quantitative estimate of drug-likeness (QED) is 0.785. The van der Waals surface area contributed by atoms with Gasteiger partial charge < -0.3 is 15.2 Å². The van der Waals surface area contributed by atoms with Gasteiger partial charge in [0.2, 0.25) is 0 Å². The Labute approximate surface area is 121 Å². The second kappa shape index (κ2) is 7.50. The van der Waals surface area contributed by atoms with E-state index in [0.717, 1.165) is 12.0 Å². The molecule has 1 aromatic carbocycles. The number of ether oxygens (including phenoxy) is 2. The lowest BCUT2D eigenvalue weighted by molar-refractivity contribution is 0.288. The first-order valence-electron chi connectivity index (χ1n) is 6.63. The topological polar surface area (TPSA) is 78.6 Å². The Morgan fingerprint density at radius 1 is 1.25 bits per heavy atom. The van der Waals surface area contributed by atoms with E-state index in [0.29, 0.717) is 18.1 Å². The van der Waals surface area contributed by atoms with Crippen molar-refractivity contribution in [2.45, 2.75) is 26.3 Å². The molecular weight excluding hydrogens is 278 g/mol. The van der Waals surface area contributed by atoms with Crippen LogP contribution in [0.3, 0.4) is 0 Å². The first-order chi connectivity index (χ1) is 9.31. The van der Waals surface area contributed by atoms with Gasteiger partial charge in [0.15, 0.2) is 21.3 Å². The van der Waals surface area contributed by atoms with Crippen LogP contribution in [0.15, 0.2) is 18.2 Å². The zero-order valence-corrected chi connectivity index (χ0v) is 13.1. The van der Waals surface area contributed by atoms with E-state index in [2.05, 4.69) is 0 Å². The molecule has 5 nitrogen and oxygen atoms in total. The van der Waals surface area contributed by atoms with Crippen molar-refractivity contribution in [3.05, 3.63) is 23.8 Å². The van der Waals surface area contributed by atoms with Gasteiger partial charge in [0.25, 0.3) is 0 Å². The molecule has 0 saturated heterocycles. The van der Waals surface area contributed by atoms with Gasteiger partial charge in [0.05, 0.1) is 12.4 Å². The minimum Gasteiger partial charge on any atom is -0.490 e. The van der Waals surface area contributed by atoms with Crippen molar-refractivity contribution in [3.63, 3.8) is 0 Å². The Morgan fingerprint density at radius 2 is 1.95 bits per heavy atom. The molecule has 0 saturated carbocycles. The number of rotatable bonds is 8. The highest BCUT2D eigenvalue weighted by Gasteiger charge is 2.09. The Hall–Kier alpha value is -1.27.